The van der Waals surface area contributed by atoms with E-state index in [0.29, 0.717) is 28.7 Å². The molecule has 0 amide bonds. The standard InChI is InChI=1S/C14H12FN3O2/c1-18-6-8(5-16-18)13-11(7-19)10-3-9(20-2)4-12(15)14(10)17-13/h3-7,17H,1-2H3. The molecule has 5 nitrogen and oxygen atoms in total. The van der Waals surface area contributed by atoms with Gasteiger partial charge in [0, 0.05) is 35.8 Å². The predicted octanol–water partition coefficient (Wildman–Crippen LogP) is 2.53. The van der Waals surface area contributed by atoms with Crippen LogP contribution in [-0.2, 0) is 7.05 Å². The fourth-order valence-electron chi connectivity index (χ4n) is 2.27. The van der Waals surface area contributed by atoms with E-state index in [1.165, 1.54) is 13.2 Å². The number of carbonyl (C=O) groups excluding carboxylic acids is 1. The molecule has 0 atom stereocenters. The molecule has 1 aromatic carbocycles. The lowest BCUT2D eigenvalue weighted by atomic mass is 10.1. The summed E-state index contributed by atoms with van der Waals surface area (Å²) in [5, 5.41) is 4.55. The molecular formula is C14H12FN3O2. The van der Waals surface area contributed by atoms with Crippen LogP contribution in [0.5, 0.6) is 5.75 Å². The monoisotopic (exact) mass is 273 g/mol. The number of rotatable bonds is 3. The van der Waals surface area contributed by atoms with Crippen molar-refractivity contribution >= 4 is 17.2 Å². The summed E-state index contributed by atoms with van der Waals surface area (Å²) < 4.78 is 20.7. The van der Waals surface area contributed by atoms with Gasteiger partial charge in [0.05, 0.1) is 24.5 Å². The Kier molecular flexibility index (Phi) is 2.78. The van der Waals surface area contributed by atoms with Crippen molar-refractivity contribution in [1.29, 1.82) is 0 Å². The first-order chi connectivity index (χ1) is 9.63. The first kappa shape index (κ1) is 12.4. The number of fused-ring (bicyclic) bond motifs is 1. The van der Waals surface area contributed by atoms with Gasteiger partial charge in [0.25, 0.3) is 0 Å². The molecule has 6 heteroatoms. The Morgan fingerprint density at radius 3 is 2.85 bits per heavy atom. The number of ether oxygens (including phenoxy) is 1. The number of hydrogen-bond acceptors (Lipinski definition) is 3. The van der Waals surface area contributed by atoms with Crippen LogP contribution in [0, 0.1) is 5.82 Å². The fraction of sp³-hybridized carbons (Fsp3) is 0.143. The Balaban J connectivity index is 2.34. The van der Waals surface area contributed by atoms with Gasteiger partial charge in [-0.25, -0.2) is 4.39 Å². The maximum absolute atomic E-state index is 14.0. The quantitative estimate of drug-likeness (QED) is 0.746. The molecule has 0 spiro atoms. The Labute approximate surface area is 114 Å². The van der Waals surface area contributed by atoms with Crippen LogP contribution in [0.4, 0.5) is 4.39 Å². The Morgan fingerprint density at radius 2 is 2.25 bits per heavy atom. The highest BCUT2D eigenvalue weighted by molar-refractivity contribution is 6.04. The molecule has 0 aliphatic rings. The highest BCUT2D eigenvalue weighted by Crippen LogP contribution is 2.32. The number of aldehydes is 1. The van der Waals surface area contributed by atoms with E-state index in [1.54, 1.807) is 30.2 Å². The van der Waals surface area contributed by atoms with E-state index < -0.39 is 5.82 Å². The summed E-state index contributed by atoms with van der Waals surface area (Å²) in [6.45, 7) is 0. The molecule has 0 bridgehead atoms. The third-order valence-electron chi connectivity index (χ3n) is 3.22. The highest BCUT2D eigenvalue weighted by Gasteiger charge is 2.17. The molecule has 2 aromatic heterocycles. The van der Waals surface area contributed by atoms with Crippen LogP contribution >= 0.6 is 0 Å². The topological polar surface area (TPSA) is 59.9 Å². The van der Waals surface area contributed by atoms with Gasteiger partial charge < -0.3 is 9.72 Å². The lowest BCUT2D eigenvalue weighted by molar-refractivity contribution is 0.112. The van der Waals surface area contributed by atoms with Crippen molar-refractivity contribution in [2.24, 2.45) is 7.05 Å². The van der Waals surface area contributed by atoms with Gasteiger partial charge in [-0.3, -0.25) is 9.48 Å². The number of H-pyrrole nitrogens is 1. The SMILES string of the molecule is COc1cc(F)c2[nH]c(-c3cnn(C)c3)c(C=O)c2c1. The zero-order valence-electron chi connectivity index (χ0n) is 11.0. The smallest absolute Gasteiger partial charge is 0.152 e. The van der Waals surface area contributed by atoms with Crippen LogP contribution in [0.25, 0.3) is 22.2 Å². The van der Waals surface area contributed by atoms with Crippen molar-refractivity contribution < 1.29 is 13.9 Å². The third-order valence-corrected chi connectivity index (χ3v) is 3.22. The molecule has 0 unspecified atom stereocenters. The normalized spacial score (nSPS) is 10.9. The summed E-state index contributed by atoms with van der Waals surface area (Å²) in [5.41, 5.74) is 1.96. The molecule has 3 aromatic rings. The lowest BCUT2D eigenvalue weighted by Gasteiger charge is -2.00. The van der Waals surface area contributed by atoms with Crippen LogP contribution in [0.3, 0.4) is 0 Å². The van der Waals surface area contributed by atoms with Crippen molar-refractivity contribution in [2.45, 2.75) is 0 Å². The van der Waals surface area contributed by atoms with Crippen molar-refractivity contribution in [2.75, 3.05) is 7.11 Å². The van der Waals surface area contributed by atoms with Crippen molar-refractivity contribution in [3.63, 3.8) is 0 Å². The molecule has 2 heterocycles. The minimum absolute atomic E-state index is 0.284. The molecule has 3 rings (SSSR count). The molecular weight excluding hydrogens is 261 g/mol. The van der Waals surface area contributed by atoms with Crippen LogP contribution < -0.4 is 4.74 Å². The zero-order valence-corrected chi connectivity index (χ0v) is 11.0. The van der Waals surface area contributed by atoms with Gasteiger partial charge in [0.15, 0.2) is 12.1 Å². The lowest BCUT2D eigenvalue weighted by Crippen LogP contribution is -1.86. The van der Waals surface area contributed by atoms with Crippen molar-refractivity contribution in [3.05, 3.63) is 35.9 Å². The first-order valence-electron chi connectivity index (χ1n) is 5.97. The molecule has 102 valence electrons. The summed E-state index contributed by atoms with van der Waals surface area (Å²) in [4.78, 5) is 14.3. The van der Waals surface area contributed by atoms with E-state index in [2.05, 4.69) is 10.1 Å². The predicted molar refractivity (Wildman–Crippen MR) is 72.4 cm³/mol. The van der Waals surface area contributed by atoms with Gasteiger partial charge in [0.2, 0.25) is 0 Å². The van der Waals surface area contributed by atoms with E-state index >= 15 is 0 Å². The number of nitrogens with one attached hydrogen (secondary N) is 1. The Hall–Kier alpha value is -2.63. The van der Waals surface area contributed by atoms with Crippen molar-refractivity contribution in [1.82, 2.24) is 14.8 Å². The summed E-state index contributed by atoms with van der Waals surface area (Å²) in [6.07, 6.45) is 4.08. The minimum atomic E-state index is -0.461. The number of aromatic amines is 1. The number of halogens is 1. The number of aryl methyl sites for hydroxylation is 1. The molecule has 0 saturated heterocycles. The second-order valence-electron chi connectivity index (χ2n) is 4.47. The van der Waals surface area contributed by atoms with Gasteiger partial charge in [-0.15, -0.1) is 0 Å². The van der Waals surface area contributed by atoms with Crippen LogP contribution in [0.2, 0.25) is 0 Å². The van der Waals surface area contributed by atoms with E-state index in [4.69, 9.17) is 4.74 Å². The number of methoxy groups -OCH3 is 1. The molecule has 0 aliphatic carbocycles. The fourth-order valence-corrected chi connectivity index (χ4v) is 2.27. The van der Waals surface area contributed by atoms with Crippen LogP contribution in [-0.4, -0.2) is 28.2 Å². The van der Waals surface area contributed by atoms with Gasteiger partial charge >= 0.3 is 0 Å². The molecule has 0 fully saturated rings. The zero-order chi connectivity index (χ0) is 14.3. The molecule has 0 aliphatic heterocycles. The van der Waals surface area contributed by atoms with E-state index in [9.17, 15) is 9.18 Å². The van der Waals surface area contributed by atoms with E-state index in [-0.39, 0.29) is 5.52 Å². The summed E-state index contributed by atoms with van der Waals surface area (Å²) in [6, 6.07) is 2.92. The first-order valence-corrected chi connectivity index (χ1v) is 5.97. The van der Waals surface area contributed by atoms with Gasteiger partial charge in [-0.05, 0) is 6.07 Å². The molecule has 1 N–H and O–H groups in total. The Bertz CT molecular complexity index is 804. The second-order valence-corrected chi connectivity index (χ2v) is 4.47. The maximum atomic E-state index is 14.0. The largest absolute Gasteiger partial charge is 0.497 e. The van der Waals surface area contributed by atoms with Gasteiger partial charge in [-0.2, -0.15) is 5.10 Å². The number of nitrogens with zero attached hydrogens (tertiary/aromatic N) is 2. The second kappa shape index (κ2) is 4.48. The van der Waals surface area contributed by atoms with Crippen molar-refractivity contribution in [3.8, 4) is 17.0 Å². The molecule has 0 saturated carbocycles. The van der Waals surface area contributed by atoms with Gasteiger partial charge in [-0.1, -0.05) is 0 Å². The number of hydrogen-bond donors (Lipinski definition) is 1. The van der Waals surface area contributed by atoms with E-state index in [1.807, 2.05) is 0 Å². The summed E-state index contributed by atoms with van der Waals surface area (Å²) in [5.74, 6) is -0.0903. The average Bonchev–Trinajstić information content (AvgIpc) is 3.01. The number of benzene rings is 1. The number of carbonyl (C=O) groups is 1. The third kappa shape index (κ3) is 1.77. The average molecular weight is 273 g/mol. The van der Waals surface area contributed by atoms with E-state index in [0.717, 1.165) is 5.56 Å². The molecule has 0 radical (unpaired) electrons. The minimum Gasteiger partial charge on any atom is -0.497 e. The summed E-state index contributed by atoms with van der Waals surface area (Å²) >= 11 is 0. The maximum Gasteiger partial charge on any atom is 0.152 e. The molecule has 20 heavy (non-hydrogen) atoms. The summed E-state index contributed by atoms with van der Waals surface area (Å²) in [7, 11) is 3.23. The highest BCUT2D eigenvalue weighted by atomic mass is 19.1. The number of aromatic nitrogens is 3. The van der Waals surface area contributed by atoms with Crippen LogP contribution in [0.15, 0.2) is 24.5 Å². The van der Waals surface area contributed by atoms with Crippen LogP contribution in [0.1, 0.15) is 10.4 Å². The van der Waals surface area contributed by atoms with Gasteiger partial charge in [0.1, 0.15) is 5.75 Å². The Morgan fingerprint density at radius 1 is 1.45 bits per heavy atom.